The van der Waals surface area contributed by atoms with Crippen LogP contribution >= 0.6 is 11.6 Å². The molecule has 1 amide bonds. The van der Waals surface area contributed by atoms with Crippen molar-refractivity contribution in [3.8, 4) is 0 Å². The van der Waals surface area contributed by atoms with Gasteiger partial charge in [0, 0.05) is 18.5 Å². The first-order chi connectivity index (χ1) is 9.06. The summed E-state index contributed by atoms with van der Waals surface area (Å²) in [5.74, 6) is 1.08. The number of halogens is 1. The van der Waals surface area contributed by atoms with Gasteiger partial charge in [-0.05, 0) is 32.6 Å². The number of ether oxygens (including phenoxy) is 1. The summed E-state index contributed by atoms with van der Waals surface area (Å²) in [6, 6.07) is 0.404. The number of carbonyl (C=O) groups excluding carboxylic acids is 1. The molecule has 1 saturated heterocycles. The highest BCUT2D eigenvalue weighted by Gasteiger charge is 2.44. The summed E-state index contributed by atoms with van der Waals surface area (Å²) in [5.41, 5.74) is 0. The number of nitrogens with zero attached hydrogens (tertiary/aromatic N) is 1. The van der Waals surface area contributed by atoms with Gasteiger partial charge < -0.3 is 9.64 Å². The topological polar surface area (TPSA) is 29.5 Å². The summed E-state index contributed by atoms with van der Waals surface area (Å²) in [6.45, 7) is 6.89. The molecule has 4 atom stereocenters. The van der Waals surface area contributed by atoms with Crippen LogP contribution in [-0.2, 0) is 9.53 Å². The monoisotopic (exact) mass is 287 g/mol. The van der Waals surface area contributed by atoms with E-state index in [1.54, 1.807) is 0 Å². The van der Waals surface area contributed by atoms with E-state index in [1.807, 2.05) is 11.8 Å². The Bertz CT molecular complexity index is 317. The Hall–Kier alpha value is -0.280. The van der Waals surface area contributed by atoms with Crippen molar-refractivity contribution >= 4 is 17.5 Å². The molecule has 3 nitrogen and oxygen atoms in total. The van der Waals surface area contributed by atoms with Crippen molar-refractivity contribution in [2.75, 3.05) is 12.4 Å². The zero-order chi connectivity index (χ0) is 14.0. The second-order valence-electron chi connectivity index (χ2n) is 6.09. The molecule has 0 aromatic carbocycles. The van der Waals surface area contributed by atoms with Crippen LogP contribution in [0.25, 0.3) is 0 Å². The molecule has 2 aliphatic rings. The number of hydrogen-bond donors (Lipinski definition) is 0. The summed E-state index contributed by atoms with van der Waals surface area (Å²) in [6.07, 6.45) is 4.93. The van der Waals surface area contributed by atoms with E-state index >= 15 is 0 Å². The summed E-state index contributed by atoms with van der Waals surface area (Å²) in [4.78, 5) is 14.9. The highest BCUT2D eigenvalue weighted by atomic mass is 35.5. The Balaban J connectivity index is 2.10. The maximum atomic E-state index is 12.9. The van der Waals surface area contributed by atoms with Crippen LogP contribution in [0.3, 0.4) is 0 Å². The number of rotatable bonds is 4. The number of carbonyl (C=O) groups is 1. The van der Waals surface area contributed by atoms with E-state index in [-0.39, 0.29) is 24.0 Å². The molecule has 110 valence electrons. The molecule has 0 spiro atoms. The van der Waals surface area contributed by atoms with Gasteiger partial charge >= 0.3 is 0 Å². The Kier molecular flexibility index (Phi) is 5.13. The first-order valence-electron chi connectivity index (χ1n) is 7.58. The molecule has 0 bridgehead atoms. The van der Waals surface area contributed by atoms with Gasteiger partial charge in [-0.15, -0.1) is 11.6 Å². The minimum absolute atomic E-state index is 0.00110. The van der Waals surface area contributed by atoms with Crippen LogP contribution in [0.5, 0.6) is 0 Å². The van der Waals surface area contributed by atoms with E-state index in [2.05, 4.69) is 13.8 Å². The first kappa shape index (κ1) is 15.1. The van der Waals surface area contributed by atoms with Gasteiger partial charge in [-0.3, -0.25) is 4.79 Å². The molecular weight excluding hydrogens is 262 g/mol. The van der Waals surface area contributed by atoms with Crippen molar-refractivity contribution in [1.29, 1.82) is 0 Å². The van der Waals surface area contributed by atoms with Crippen molar-refractivity contribution in [2.24, 2.45) is 11.8 Å². The molecule has 4 unspecified atom stereocenters. The van der Waals surface area contributed by atoms with Gasteiger partial charge in [0.1, 0.15) is 0 Å². The minimum Gasteiger partial charge on any atom is -0.374 e. The SMILES string of the molecule is CC1OC(C)C(C(=O)N(CCCl)C2CCCC2)C1C. The number of alkyl halides is 1. The van der Waals surface area contributed by atoms with Gasteiger partial charge in [-0.2, -0.15) is 0 Å². The fraction of sp³-hybridized carbons (Fsp3) is 0.933. The molecule has 2 rings (SSSR count). The Morgan fingerprint density at radius 3 is 2.32 bits per heavy atom. The van der Waals surface area contributed by atoms with E-state index in [1.165, 1.54) is 12.8 Å². The molecular formula is C15H26ClNO2. The van der Waals surface area contributed by atoms with Crippen LogP contribution in [0.4, 0.5) is 0 Å². The van der Waals surface area contributed by atoms with E-state index < -0.39 is 0 Å². The minimum atomic E-state index is -0.00110. The molecule has 0 N–H and O–H groups in total. The lowest BCUT2D eigenvalue weighted by atomic mass is 9.88. The lowest BCUT2D eigenvalue weighted by molar-refractivity contribution is -0.140. The smallest absolute Gasteiger partial charge is 0.228 e. The van der Waals surface area contributed by atoms with Crippen LogP contribution < -0.4 is 0 Å². The van der Waals surface area contributed by atoms with Crippen molar-refractivity contribution in [2.45, 2.75) is 64.7 Å². The Labute approximate surface area is 121 Å². The third-order valence-corrected chi connectivity index (χ3v) is 5.07. The summed E-state index contributed by atoms with van der Waals surface area (Å²) in [7, 11) is 0. The van der Waals surface area contributed by atoms with Gasteiger partial charge in [0.05, 0.1) is 18.1 Å². The lowest BCUT2D eigenvalue weighted by Crippen LogP contribution is -2.46. The van der Waals surface area contributed by atoms with E-state index in [9.17, 15) is 4.79 Å². The lowest BCUT2D eigenvalue weighted by Gasteiger charge is -2.32. The van der Waals surface area contributed by atoms with Gasteiger partial charge in [-0.1, -0.05) is 19.8 Å². The summed E-state index contributed by atoms with van der Waals surface area (Å²) >= 11 is 5.90. The average molecular weight is 288 g/mol. The van der Waals surface area contributed by atoms with E-state index in [4.69, 9.17) is 16.3 Å². The van der Waals surface area contributed by atoms with Gasteiger partial charge in [0.25, 0.3) is 0 Å². The molecule has 0 aromatic heterocycles. The molecule has 1 saturated carbocycles. The standard InChI is InChI=1S/C15H26ClNO2/c1-10-11(2)19-12(3)14(10)15(18)17(9-8-16)13-6-4-5-7-13/h10-14H,4-9H2,1-3H3. The van der Waals surface area contributed by atoms with Crippen molar-refractivity contribution < 1.29 is 9.53 Å². The first-order valence-corrected chi connectivity index (χ1v) is 8.11. The zero-order valence-corrected chi connectivity index (χ0v) is 13.0. The zero-order valence-electron chi connectivity index (χ0n) is 12.3. The fourth-order valence-corrected chi connectivity index (χ4v) is 3.85. The molecule has 2 fully saturated rings. The quantitative estimate of drug-likeness (QED) is 0.744. The largest absolute Gasteiger partial charge is 0.374 e. The van der Waals surface area contributed by atoms with E-state index in [0.29, 0.717) is 24.4 Å². The molecule has 0 radical (unpaired) electrons. The second kappa shape index (κ2) is 6.45. The van der Waals surface area contributed by atoms with Crippen molar-refractivity contribution in [3.05, 3.63) is 0 Å². The number of amides is 1. The van der Waals surface area contributed by atoms with Gasteiger partial charge in [0.2, 0.25) is 5.91 Å². The molecule has 19 heavy (non-hydrogen) atoms. The predicted molar refractivity (Wildman–Crippen MR) is 77.4 cm³/mol. The van der Waals surface area contributed by atoms with Crippen LogP contribution in [0.1, 0.15) is 46.5 Å². The predicted octanol–water partition coefficient (Wildman–Crippen LogP) is 3.06. The highest BCUT2D eigenvalue weighted by molar-refractivity contribution is 6.18. The summed E-state index contributed by atoms with van der Waals surface area (Å²) < 4.78 is 5.82. The Morgan fingerprint density at radius 2 is 1.84 bits per heavy atom. The maximum absolute atomic E-state index is 12.9. The highest BCUT2D eigenvalue weighted by Crippen LogP contribution is 2.35. The van der Waals surface area contributed by atoms with Crippen molar-refractivity contribution in [1.82, 2.24) is 4.90 Å². The van der Waals surface area contributed by atoms with Gasteiger partial charge in [0.15, 0.2) is 0 Å². The molecule has 1 aliphatic carbocycles. The van der Waals surface area contributed by atoms with Crippen LogP contribution in [0.15, 0.2) is 0 Å². The van der Waals surface area contributed by atoms with E-state index in [0.717, 1.165) is 12.8 Å². The average Bonchev–Trinajstić information content (AvgIpc) is 2.96. The van der Waals surface area contributed by atoms with Crippen molar-refractivity contribution in [3.63, 3.8) is 0 Å². The van der Waals surface area contributed by atoms with Crippen LogP contribution in [0, 0.1) is 11.8 Å². The molecule has 4 heteroatoms. The summed E-state index contributed by atoms with van der Waals surface area (Å²) in [5, 5.41) is 0. The fourth-order valence-electron chi connectivity index (χ4n) is 3.66. The maximum Gasteiger partial charge on any atom is 0.228 e. The van der Waals surface area contributed by atoms with Crippen LogP contribution in [-0.4, -0.2) is 41.5 Å². The molecule has 1 aliphatic heterocycles. The molecule has 0 aromatic rings. The second-order valence-corrected chi connectivity index (χ2v) is 6.47. The normalized spacial score (nSPS) is 35.8. The molecule has 1 heterocycles. The van der Waals surface area contributed by atoms with Gasteiger partial charge in [-0.25, -0.2) is 0 Å². The number of hydrogen-bond acceptors (Lipinski definition) is 2. The van der Waals surface area contributed by atoms with Crippen LogP contribution in [0.2, 0.25) is 0 Å². The third kappa shape index (κ3) is 3.08. The third-order valence-electron chi connectivity index (χ3n) is 4.90. The Morgan fingerprint density at radius 1 is 1.21 bits per heavy atom.